The number of hydrogen-bond donors (Lipinski definition) is 0. The molecule has 0 amide bonds. The molecule has 0 aliphatic carbocycles. The Labute approximate surface area is 166 Å². The molecule has 2 heterocycles. The number of hydrogen-bond acceptors (Lipinski definition) is 6. The highest BCUT2D eigenvalue weighted by molar-refractivity contribution is 6.62. The van der Waals surface area contributed by atoms with Gasteiger partial charge in [0.15, 0.2) is 6.29 Å². The lowest BCUT2D eigenvalue weighted by molar-refractivity contribution is 0.00578. The monoisotopic (exact) mass is 383 g/mol. The van der Waals surface area contributed by atoms with E-state index in [4.69, 9.17) is 18.8 Å². The molecule has 1 aliphatic rings. The van der Waals surface area contributed by atoms with Crippen LogP contribution >= 0.6 is 0 Å². The van der Waals surface area contributed by atoms with E-state index in [1.54, 1.807) is 12.1 Å². The maximum atomic E-state index is 11.0. The number of aldehydes is 1. The molecule has 0 radical (unpaired) electrons. The van der Waals surface area contributed by atoms with Crippen LogP contribution in [0.25, 0.3) is 0 Å². The summed E-state index contributed by atoms with van der Waals surface area (Å²) in [5.41, 5.74) is 2.65. The van der Waals surface area contributed by atoms with Crippen molar-refractivity contribution >= 4 is 18.9 Å². The van der Waals surface area contributed by atoms with E-state index in [0.29, 0.717) is 24.3 Å². The van der Waals surface area contributed by atoms with Gasteiger partial charge in [-0.15, -0.1) is 0 Å². The van der Waals surface area contributed by atoms with E-state index >= 15 is 0 Å². The number of aromatic nitrogens is 1. The zero-order chi connectivity index (χ0) is 20.5. The zero-order valence-electron chi connectivity index (χ0n) is 17.2. The van der Waals surface area contributed by atoms with Gasteiger partial charge in [0.05, 0.1) is 23.9 Å². The van der Waals surface area contributed by atoms with Crippen LogP contribution in [0, 0.1) is 6.92 Å². The molecule has 148 valence electrons. The van der Waals surface area contributed by atoms with Gasteiger partial charge in [0.1, 0.15) is 6.61 Å². The molecule has 1 aliphatic heterocycles. The molecule has 3 rings (SSSR count). The fraction of sp³-hybridized carbons (Fsp3) is 0.429. The fourth-order valence-electron chi connectivity index (χ4n) is 3.00. The van der Waals surface area contributed by atoms with Crippen LogP contribution in [0.1, 0.15) is 49.2 Å². The summed E-state index contributed by atoms with van der Waals surface area (Å²) in [6.07, 6.45) is 0.702. The van der Waals surface area contributed by atoms with Crippen molar-refractivity contribution in [1.82, 2.24) is 4.98 Å². The maximum absolute atomic E-state index is 11.0. The lowest BCUT2D eigenvalue weighted by atomic mass is 9.75. The Kier molecular flexibility index (Phi) is 5.50. The molecule has 0 bridgehead atoms. The summed E-state index contributed by atoms with van der Waals surface area (Å²) in [5.74, 6) is 0.637. The summed E-state index contributed by atoms with van der Waals surface area (Å²) in [6, 6.07) is 9.26. The first-order valence-electron chi connectivity index (χ1n) is 9.25. The van der Waals surface area contributed by atoms with Gasteiger partial charge in [-0.2, -0.15) is 4.98 Å². The van der Waals surface area contributed by atoms with E-state index in [0.717, 1.165) is 16.6 Å². The Balaban J connectivity index is 1.78. The molecule has 6 nitrogen and oxygen atoms in total. The van der Waals surface area contributed by atoms with Crippen molar-refractivity contribution in [2.75, 3.05) is 7.11 Å². The van der Waals surface area contributed by atoms with Crippen molar-refractivity contribution < 1.29 is 23.6 Å². The van der Waals surface area contributed by atoms with Crippen LogP contribution in [0.2, 0.25) is 0 Å². The van der Waals surface area contributed by atoms with E-state index in [9.17, 15) is 4.79 Å². The minimum Gasteiger partial charge on any atom is -0.480 e. The average molecular weight is 383 g/mol. The third kappa shape index (κ3) is 3.77. The summed E-state index contributed by atoms with van der Waals surface area (Å²) in [6.45, 7) is 10.5. The van der Waals surface area contributed by atoms with Crippen molar-refractivity contribution in [1.29, 1.82) is 0 Å². The summed E-state index contributed by atoms with van der Waals surface area (Å²) < 4.78 is 23.3. The molecule has 0 saturated carbocycles. The smallest absolute Gasteiger partial charge is 0.480 e. The molecule has 1 saturated heterocycles. The van der Waals surface area contributed by atoms with E-state index < -0.39 is 18.3 Å². The third-order valence-electron chi connectivity index (χ3n) is 5.56. The number of pyridine rings is 1. The number of nitrogens with zero attached hydrogens (tertiary/aromatic N) is 1. The second-order valence-corrected chi connectivity index (χ2v) is 7.87. The largest absolute Gasteiger partial charge is 0.495 e. The van der Waals surface area contributed by atoms with Gasteiger partial charge in [0.2, 0.25) is 11.8 Å². The van der Waals surface area contributed by atoms with Gasteiger partial charge in [0, 0.05) is 6.07 Å². The first kappa shape index (κ1) is 20.4. The highest BCUT2D eigenvalue weighted by Crippen LogP contribution is 2.36. The molecular weight excluding hydrogens is 357 g/mol. The quantitative estimate of drug-likeness (QED) is 0.564. The van der Waals surface area contributed by atoms with Gasteiger partial charge in [-0.1, -0.05) is 18.2 Å². The second-order valence-electron chi connectivity index (χ2n) is 7.87. The molecule has 0 atom stereocenters. The maximum Gasteiger partial charge on any atom is 0.495 e. The fourth-order valence-corrected chi connectivity index (χ4v) is 3.00. The summed E-state index contributed by atoms with van der Waals surface area (Å²) >= 11 is 0. The highest BCUT2D eigenvalue weighted by Gasteiger charge is 2.52. The van der Waals surface area contributed by atoms with E-state index in [2.05, 4.69) is 4.98 Å². The van der Waals surface area contributed by atoms with Crippen LogP contribution in [0.15, 0.2) is 30.3 Å². The number of methoxy groups -OCH3 is 1. The Bertz CT molecular complexity index is 865. The summed E-state index contributed by atoms with van der Waals surface area (Å²) in [4.78, 5) is 15.2. The van der Waals surface area contributed by atoms with Gasteiger partial charge in [-0.25, -0.2) is 0 Å². The average Bonchev–Trinajstić information content (AvgIpc) is 2.87. The van der Waals surface area contributed by atoms with Gasteiger partial charge in [-0.3, -0.25) is 4.79 Å². The van der Waals surface area contributed by atoms with Crippen molar-refractivity contribution in [3.8, 4) is 11.8 Å². The van der Waals surface area contributed by atoms with Crippen molar-refractivity contribution in [2.24, 2.45) is 0 Å². The highest BCUT2D eigenvalue weighted by atomic mass is 16.7. The first-order chi connectivity index (χ1) is 13.2. The Morgan fingerprint density at radius 3 is 2.39 bits per heavy atom. The SMILES string of the molecule is COc1nc(OCc2cccc(B3OC(C)(C)C(C)(C)O3)c2C)ccc1C=O. The molecule has 1 fully saturated rings. The number of rotatable bonds is 6. The number of ether oxygens (including phenoxy) is 2. The summed E-state index contributed by atoms with van der Waals surface area (Å²) in [7, 11) is 1.05. The number of benzene rings is 1. The standard InChI is InChI=1S/C21H26BNO5/c1-14-16(13-26-18-11-10-15(12-24)19(23-18)25-6)8-7-9-17(14)22-27-20(2,3)21(4,5)28-22/h7-12H,13H2,1-6H3. The second kappa shape index (κ2) is 7.56. The first-order valence-corrected chi connectivity index (χ1v) is 9.25. The minimum atomic E-state index is -0.421. The van der Waals surface area contributed by atoms with Crippen LogP contribution in [0.3, 0.4) is 0 Å². The van der Waals surface area contributed by atoms with Crippen LogP contribution in [0.4, 0.5) is 0 Å². The molecule has 0 unspecified atom stereocenters. The predicted molar refractivity (Wildman–Crippen MR) is 107 cm³/mol. The molecule has 0 N–H and O–H groups in total. The third-order valence-corrected chi connectivity index (χ3v) is 5.56. The minimum absolute atomic E-state index is 0.246. The molecule has 1 aromatic heterocycles. The van der Waals surface area contributed by atoms with Crippen LogP contribution in [-0.4, -0.2) is 36.7 Å². The molecule has 7 heteroatoms. The van der Waals surface area contributed by atoms with E-state index in [1.165, 1.54) is 7.11 Å². The Morgan fingerprint density at radius 1 is 1.11 bits per heavy atom. The zero-order valence-corrected chi connectivity index (χ0v) is 17.2. The number of carbonyl (C=O) groups excluding carboxylic acids is 1. The number of carbonyl (C=O) groups is 1. The molecule has 28 heavy (non-hydrogen) atoms. The van der Waals surface area contributed by atoms with Crippen LogP contribution in [0.5, 0.6) is 11.8 Å². The lowest BCUT2D eigenvalue weighted by Gasteiger charge is -2.32. The van der Waals surface area contributed by atoms with Gasteiger partial charge >= 0.3 is 7.12 Å². The van der Waals surface area contributed by atoms with Crippen LogP contribution in [-0.2, 0) is 15.9 Å². The van der Waals surface area contributed by atoms with Crippen LogP contribution < -0.4 is 14.9 Å². The molecular formula is C21H26BNO5. The summed E-state index contributed by atoms with van der Waals surface area (Å²) in [5, 5.41) is 0. The van der Waals surface area contributed by atoms with Crippen molar-refractivity contribution in [3.63, 3.8) is 0 Å². The topological polar surface area (TPSA) is 66.9 Å². The normalized spacial score (nSPS) is 17.4. The van der Waals surface area contributed by atoms with Gasteiger partial charge in [-0.05, 0) is 57.3 Å². The predicted octanol–water partition coefficient (Wildman–Crippen LogP) is 3.09. The van der Waals surface area contributed by atoms with E-state index in [-0.39, 0.29) is 5.88 Å². The Hall–Kier alpha value is -2.38. The van der Waals surface area contributed by atoms with Crippen molar-refractivity contribution in [2.45, 2.75) is 52.4 Å². The Morgan fingerprint density at radius 2 is 1.79 bits per heavy atom. The molecule has 1 aromatic carbocycles. The lowest BCUT2D eigenvalue weighted by Crippen LogP contribution is -2.41. The van der Waals surface area contributed by atoms with E-state index in [1.807, 2.05) is 52.8 Å². The van der Waals surface area contributed by atoms with Gasteiger partial charge in [0.25, 0.3) is 0 Å². The van der Waals surface area contributed by atoms with Gasteiger partial charge < -0.3 is 18.8 Å². The van der Waals surface area contributed by atoms with Crippen molar-refractivity contribution in [3.05, 3.63) is 47.0 Å². The molecule has 2 aromatic rings. The molecule has 0 spiro atoms.